The van der Waals surface area contributed by atoms with Gasteiger partial charge < -0.3 is 24.6 Å². The Morgan fingerprint density at radius 2 is 1.77 bits per heavy atom. The zero-order valence-corrected chi connectivity index (χ0v) is 17.6. The van der Waals surface area contributed by atoms with E-state index in [0.29, 0.717) is 48.1 Å². The van der Waals surface area contributed by atoms with E-state index in [1.54, 1.807) is 52.3 Å². The summed E-state index contributed by atoms with van der Waals surface area (Å²) >= 11 is 0. The minimum atomic E-state index is -0.463. The van der Waals surface area contributed by atoms with Crippen LogP contribution in [0.15, 0.2) is 42.5 Å². The summed E-state index contributed by atoms with van der Waals surface area (Å²) in [6.45, 7) is 5.62. The molecule has 1 N–H and O–H groups in total. The minimum Gasteiger partial charge on any atom is -0.454 e. The van der Waals surface area contributed by atoms with Crippen molar-refractivity contribution in [1.29, 1.82) is 0 Å². The molecule has 2 heterocycles. The number of hydrogen-bond acceptors (Lipinski definition) is 5. The lowest BCUT2D eigenvalue weighted by atomic mass is 10.1. The van der Waals surface area contributed by atoms with Gasteiger partial charge in [0.05, 0.1) is 5.92 Å². The Morgan fingerprint density at radius 1 is 1.06 bits per heavy atom. The maximum atomic E-state index is 12.7. The van der Waals surface area contributed by atoms with Gasteiger partial charge >= 0.3 is 0 Å². The Balaban J connectivity index is 1.39. The molecule has 1 atom stereocenters. The summed E-state index contributed by atoms with van der Waals surface area (Å²) in [4.78, 5) is 41.0. The van der Waals surface area contributed by atoms with E-state index in [9.17, 15) is 14.4 Å². The van der Waals surface area contributed by atoms with Crippen molar-refractivity contribution in [3.8, 4) is 11.5 Å². The molecule has 0 radical (unpaired) electrons. The number of fused-ring (bicyclic) bond motifs is 1. The van der Waals surface area contributed by atoms with Gasteiger partial charge in [-0.1, -0.05) is 0 Å². The standard InChI is InChI=1S/C23H25N3O5/c1-3-25(4-2)23(29)15-5-7-17(8-6-15)24-22(28)16-11-21(27)26(13-16)18-9-10-19-20(12-18)31-14-30-19/h5-10,12,16H,3-4,11,13-14H2,1-2H3,(H,24,28)/t16-/m1/s1. The first-order chi connectivity index (χ1) is 15.0. The second kappa shape index (κ2) is 8.67. The maximum absolute atomic E-state index is 12.7. The van der Waals surface area contributed by atoms with Crippen LogP contribution in [0.2, 0.25) is 0 Å². The third-order valence-corrected chi connectivity index (χ3v) is 5.61. The number of ether oxygens (including phenoxy) is 2. The fraction of sp³-hybridized carbons (Fsp3) is 0.348. The van der Waals surface area contributed by atoms with Crippen LogP contribution < -0.4 is 19.7 Å². The molecule has 0 spiro atoms. The van der Waals surface area contributed by atoms with Gasteiger partial charge in [0.25, 0.3) is 5.91 Å². The number of nitrogens with one attached hydrogen (secondary N) is 1. The lowest BCUT2D eigenvalue weighted by Gasteiger charge is -2.19. The molecule has 8 heteroatoms. The van der Waals surface area contributed by atoms with Crippen LogP contribution in [0.3, 0.4) is 0 Å². The van der Waals surface area contributed by atoms with Gasteiger partial charge in [0.15, 0.2) is 11.5 Å². The molecule has 1 saturated heterocycles. The van der Waals surface area contributed by atoms with E-state index >= 15 is 0 Å². The second-order valence-electron chi connectivity index (χ2n) is 7.49. The van der Waals surface area contributed by atoms with Crippen molar-refractivity contribution in [2.45, 2.75) is 20.3 Å². The molecule has 0 bridgehead atoms. The molecule has 162 valence electrons. The highest BCUT2D eigenvalue weighted by Gasteiger charge is 2.35. The van der Waals surface area contributed by atoms with E-state index in [2.05, 4.69) is 5.32 Å². The van der Waals surface area contributed by atoms with Crippen molar-refractivity contribution < 1.29 is 23.9 Å². The summed E-state index contributed by atoms with van der Waals surface area (Å²) < 4.78 is 10.7. The van der Waals surface area contributed by atoms with Gasteiger partial charge in [-0.2, -0.15) is 0 Å². The molecule has 1 fully saturated rings. The topological polar surface area (TPSA) is 88.2 Å². The second-order valence-corrected chi connectivity index (χ2v) is 7.49. The number of amides is 3. The van der Waals surface area contributed by atoms with Gasteiger partial charge in [-0.05, 0) is 50.2 Å². The highest BCUT2D eigenvalue weighted by Crippen LogP contribution is 2.37. The summed E-state index contributed by atoms with van der Waals surface area (Å²) in [7, 11) is 0. The fourth-order valence-corrected chi connectivity index (χ4v) is 3.82. The normalized spacial score (nSPS) is 17.0. The molecular weight excluding hydrogens is 398 g/mol. The summed E-state index contributed by atoms with van der Waals surface area (Å²) in [5, 5.41) is 2.85. The zero-order valence-electron chi connectivity index (χ0n) is 17.6. The first kappa shape index (κ1) is 20.7. The molecule has 0 aromatic heterocycles. The number of benzene rings is 2. The Kier molecular flexibility index (Phi) is 5.79. The molecule has 4 rings (SSSR count). The number of hydrogen-bond donors (Lipinski definition) is 1. The molecule has 0 aliphatic carbocycles. The number of rotatable bonds is 6. The predicted octanol–water partition coefficient (Wildman–Crippen LogP) is 2.89. The van der Waals surface area contributed by atoms with Crippen LogP contribution in [0.25, 0.3) is 0 Å². The number of carbonyl (C=O) groups is 3. The van der Waals surface area contributed by atoms with E-state index in [0.717, 1.165) is 0 Å². The first-order valence-electron chi connectivity index (χ1n) is 10.4. The van der Waals surface area contributed by atoms with Gasteiger partial charge in [-0.15, -0.1) is 0 Å². The van der Waals surface area contributed by atoms with Crippen molar-refractivity contribution in [2.24, 2.45) is 5.92 Å². The Hall–Kier alpha value is -3.55. The molecule has 2 aliphatic rings. The van der Waals surface area contributed by atoms with Crippen LogP contribution in [-0.2, 0) is 9.59 Å². The molecule has 0 saturated carbocycles. The van der Waals surface area contributed by atoms with Crippen LogP contribution >= 0.6 is 0 Å². The van der Waals surface area contributed by atoms with Crippen molar-refractivity contribution in [2.75, 3.05) is 36.6 Å². The lowest BCUT2D eigenvalue weighted by Crippen LogP contribution is -2.30. The van der Waals surface area contributed by atoms with Crippen molar-refractivity contribution in [1.82, 2.24) is 4.90 Å². The van der Waals surface area contributed by atoms with E-state index in [-0.39, 0.29) is 30.9 Å². The monoisotopic (exact) mass is 423 g/mol. The van der Waals surface area contributed by atoms with Crippen LogP contribution in [0.5, 0.6) is 11.5 Å². The third-order valence-electron chi connectivity index (χ3n) is 5.61. The Bertz CT molecular complexity index is 1000. The zero-order chi connectivity index (χ0) is 22.0. The molecule has 31 heavy (non-hydrogen) atoms. The summed E-state index contributed by atoms with van der Waals surface area (Å²) in [5.74, 6) is 0.405. The van der Waals surface area contributed by atoms with E-state index in [1.165, 1.54) is 0 Å². The SMILES string of the molecule is CCN(CC)C(=O)c1ccc(NC(=O)[C@@H]2CC(=O)N(c3ccc4c(c3)OCO4)C2)cc1. The molecule has 3 amide bonds. The molecule has 0 unspecified atom stereocenters. The third kappa shape index (κ3) is 4.19. The fourth-order valence-electron chi connectivity index (χ4n) is 3.82. The molecule has 2 aliphatic heterocycles. The van der Waals surface area contributed by atoms with Gasteiger partial charge in [0, 0.05) is 49.1 Å². The molecule has 2 aromatic rings. The Labute approximate surface area is 180 Å². The van der Waals surface area contributed by atoms with E-state index in [4.69, 9.17) is 9.47 Å². The van der Waals surface area contributed by atoms with Crippen LogP contribution in [-0.4, -0.2) is 49.0 Å². The van der Waals surface area contributed by atoms with Crippen LogP contribution in [0.1, 0.15) is 30.6 Å². The number of anilines is 2. The average molecular weight is 423 g/mol. The van der Waals surface area contributed by atoms with Crippen molar-refractivity contribution >= 4 is 29.1 Å². The van der Waals surface area contributed by atoms with Crippen LogP contribution in [0.4, 0.5) is 11.4 Å². The average Bonchev–Trinajstić information content (AvgIpc) is 3.41. The highest BCUT2D eigenvalue weighted by molar-refractivity contribution is 6.04. The molecule has 8 nitrogen and oxygen atoms in total. The highest BCUT2D eigenvalue weighted by atomic mass is 16.7. The van der Waals surface area contributed by atoms with Gasteiger partial charge in [-0.3, -0.25) is 14.4 Å². The molecular formula is C23H25N3O5. The summed E-state index contributed by atoms with van der Waals surface area (Å²) in [6.07, 6.45) is 0.138. The molecule has 2 aromatic carbocycles. The quantitative estimate of drug-likeness (QED) is 0.772. The van der Waals surface area contributed by atoms with Crippen molar-refractivity contribution in [3.05, 3.63) is 48.0 Å². The van der Waals surface area contributed by atoms with Crippen molar-refractivity contribution in [3.63, 3.8) is 0 Å². The maximum Gasteiger partial charge on any atom is 0.253 e. The summed E-state index contributed by atoms with van der Waals surface area (Å²) in [5.41, 5.74) is 1.85. The minimum absolute atomic E-state index is 0.0383. The predicted molar refractivity (Wildman–Crippen MR) is 115 cm³/mol. The van der Waals surface area contributed by atoms with Gasteiger partial charge in [0.1, 0.15) is 0 Å². The van der Waals surface area contributed by atoms with Crippen LogP contribution in [0, 0.1) is 5.92 Å². The van der Waals surface area contributed by atoms with Gasteiger partial charge in [-0.25, -0.2) is 0 Å². The van der Waals surface area contributed by atoms with E-state index in [1.807, 2.05) is 13.8 Å². The van der Waals surface area contributed by atoms with Gasteiger partial charge in [0.2, 0.25) is 18.6 Å². The number of nitrogens with zero attached hydrogens (tertiary/aromatic N) is 2. The smallest absolute Gasteiger partial charge is 0.253 e. The first-order valence-corrected chi connectivity index (χ1v) is 10.4. The number of carbonyl (C=O) groups excluding carboxylic acids is 3. The lowest BCUT2D eigenvalue weighted by molar-refractivity contribution is -0.122. The summed E-state index contributed by atoms with van der Waals surface area (Å²) in [6, 6.07) is 12.1. The Morgan fingerprint density at radius 3 is 2.48 bits per heavy atom. The largest absolute Gasteiger partial charge is 0.454 e. The van der Waals surface area contributed by atoms with E-state index < -0.39 is 5.92 Å².